The van der Waals surface area contributed by atoms with E-state index in [4.69, 9.17) is 16.4 Å². The molecule has 0 aliphatic heterocycles. The number of carbonyl (C=O) groups is 2. The summed E-state index contributed by atoms with van der Waals surface area (Å²) in [5, 5.41) is 8.86. The maximum atomic E-state index is 13.5. The molecule has 1 aromatic carbocycles. The Morgan fingerprint density at radius 2 is 1.86 bits per heavy atom. The Morgan fingerprint density at radius 1 is 1.19 bits per heavy atom. The lowest BCUT2D eigenvalue weighted by molar-refractivity contribution is -0.141. The van der Waals surface area contributed by atoms with Crippen molar-refractivity contribution in [3.8, 4) is 5.82 Å². The summed E-state index contributed by atoms with van der Waals surface area (Å²) in [5.74, 6) is -1.73. The van der Waals surface area contributed by atoms with Crippen LogP contribution in [-0.2, 0) is 15.9 Å². The molecule has 37 heavy (non-hydrogen) atoms. The normalized spacial score (nSPS) is 14.1. The molecule has 2 atom stereocenters. The molecule has 198 valence electrons. The Labute approximate surface area is 216 Å². The molecule has 2 amide bonds. The van der Waals surface area contributed by atoms with E-state index in [0.29, 0.717) is 17.2 Å². The van der Waals surface area contributed by atoms with Crippen LogP contribution in [-0.4, -0.2) is 48.8 Å². The molecular weight excluding hydrogens is 533 g/mol. The maximum absolute atomic E-state index is 13.5. The van der Waals surface area contributed by atoms with Crippen LogP contribution in [0.25, 0.3) is 5.82 Å². The van der Waals surface area contributed by atoms with Crippen molar-refractivity contribution in [3.63, 3.8) is 0 Å². The van der Waals surface area contributed by atoms with Crippen LogP contribution in [0.2, 0.25) is 5.02 Å². The van der Waals surface area contributed by atoms with Gasteiger partial charge >= 0.3 is 6.18 Å². The first kappa shape index (κ1) is 28.1. The highest BCUT2D eigenvalue weighted by Crippen LogP contribution is 2.31. The fraction of sp³-hybridized carbons (Fsp3) is 0.304. The number of rotatable bonds is 7. The van der Waals surface area contributed by atoms with Crippen LogP contribution in [0.15, 0.2) is 36.5 Å². The minimum absolute atomic E-state index is 0.0151. The number of amides is 2. The predicted molar refractivity (Wildman–Crippen MR) is 134 cm³/mol. The summed E-state index contributed by atoms with van der Waals surface area (Å²) in [6, 6.07) is 5.92. The Hall–Kier alpha value is -3.45. The number of carbonyl (C=O) groups excluding carboxylic acids is 2. The Bertz CT molecular complexity index is 1470. The maximum Gasteiger partial charge on any atom is 0.435 e. The summed E-state index contributed by atoms with van der Waals surface area (Å²) in [4.78, 5) is 30.4. The first-order valence-corrected chi connectivity index (χ1v) is 13.3. The average Bonchev–Trinajstić information content (AvgIpc) is 3.20. The lowest BCUT2D eigenvalue weighted by Crippen LogP contribution is -2.37. The van der Waals surface area contributed by atoms with Gasteiger partial charge in [-0.2, -0.15) is 18.3 Å². The molecule has 0 aliphatic carbocycles. The van der Waals surface area contributed by atoms with Crippen molar-refractivity contribution >= 4 is 38.8 Å². The third-order valence-electron chi connectivity index (χ3n) is 5.14. The number of hydrogen-bond donors (Lipinski definition) is 3. The van der Waals surface area contributed by atoms with Gasteiger partial charge in [0.1, 0.15) is 5.69 Å². The summed E-state index contributed by atoms with van der Waals surface area (Å²) in [7, 11) is -2.90. The second kappa shape index (κ2) is 10.5. The van der Waals surface area contributed by atoms with E-state index in [1.807, 2.05) is 0 Å². The Morgan fingerprint density at radius 3 is 2.46 bits per heavy atom. The Balaban J connectivity index is 2.04. The molecule has 0 radical (unpaired) electrons. The topological polar surface area (TPSA) is 130 Å². The molecular formula is C23H24ClF3N6O3S. The van der Waals surface area contributed by atoms with E-state index in [1.54, 1.807) is 32.9 Å². The van der Waals surface area contributed by atoms with E-state index in [-0.39, 0.29) is 27.8 Å². The highest BCUT2D eigenvalue weighted by atomic mass is 35.5. The van der Waals surface area contributed by atoms with Crippen molar-refractivity contribution in [1.29, 1.82) is 4.78 Å². The van der Waals surface area contributed by atoms with Gasteiger partial charge in [0.15, 0.2) is 11.5 Å². The van der Waals surface area contributed by atoms with Crippen LogP contribution in [0.4, 0.5) is 18.9 Å². The van der Waals surface area contributed by atoms with E-state index in [9.17, 15) is 27.0 Å². The zero-order chi connectivity index (χ0) is 27.7. The molecule has 3 N–H and O–H groups in total. The lowest BCUT2D eigenvalue weighted by Gasteiger charge is -2.18. The van der Waals surface area contributed by atoms with E-state index in [1.165, 1.54) is 24.6 Å². The summed E-state index contributed by atoms with van der Waals surface area (Å²) >= 11 is 6.12. The number of anilines is 1. The van der Waals surface area contributed by atoms with Gasteiger partial charge in [-0.25, -0.2) is 9.67 Å². The van der Waals surface area contributed by atoms with Gasteiger partial charge in [0.2, 0.25) is 0 Å². The average molecular weight is 557 g/mol. The van der Waals surface area contributed by atoms with Gasteiger partial charge in [0, 0.05) is 39.3 Å². The van der Waals surface area contributed by atoms with Gasteiger partial charge in [0.05, 0.1) is 17.0 Å². The number of halogens is 4. The monoisotopic (exact) mass is 556 g/mol. The van der Waals surface area contributed by atoms with E-state index in [0.717, 1.165) is 4.68 Å². The number of aryl methyl sites for hydroxylation is 2. The van der Waals surface area contributed by atoms with Crippen LogP contribution in [0.3, 0.4) is 0 Å². The molecule has 0 bridgehead atoms. The standard InChI is InChI=1S/C23H24ClF3N6O3S/c1-12-6-5-7-29-20(12)33-17(10-18(32-33)23(25,26)27)22(35)31-19-13(2)8-15(24)9-16(19)21(34)30-14(3)11-37(4,28)36/h5-10,14,28H,11H2,1-4H3,(H,30,34)(H,31,35). The van der Waals surface area contributed by atoms with Gasteiger partial charge < -0.3 is 10.6 Å². The number of nitrogens with zero attached hydrogens (tertiary/aromatic N) is 3. The fourth-order valence-electron chi connectivity index (χ4n) is 3.63. The molecule has 0 aliphatic rings. The molecule has 3 aromatic rings. The van der Waals surface area contributed by atoms with Crippen LogP contribution in [0.5, 0.6) is 0 Å². The van der Waals surface area contributed by atoms with Gasteiger partial charge in [0.25, 0.3) is 11.8 Å². The third-order valence-corrected chi connectivity index (χ3v) is 6.50. The highest BCUT2D eigenvalue weighted by Gasteiger charge is 2.36. The Kier molecular flexibility index (Phi) is 7.98. The second-order valence-electron chi connectivity index (χ2n) is 8.61. The van der Waals surface area contributed by atoms with Crippen molar-refractivity contribution in [3.05, 3.63) is 69.6 Å². The van der Waals surface area contributed by atoms with Crippen molar-refractivity contribution in [1.82, 2.24) is 20.1 Å². The molecule has 2 heterocycles. The van der Waals surface area contributed by atoms with E-state index < -0.39 is 45.1 Å². The molecule has 3 rings (SSSR count). The third kappa shape index (κ3) is 6.86. The van der Waals surface area contributed by atoms with Crippen LogP contribution in [0, 0.1) is 18.6 Å². The summed E-state index contributed by atoms with van der Waals surface area (Å²) in [6.07, 6.45) is -2.22. The smallest absolute Gasteiger partial charge is 0.349 e. The number of pyridine rings is 1. The van der Waals surface area contributed by atoms with Gasteiger partial charge in [-0.15, -0.1) is 0 Å². The van der Waals surface area contributed by atoms with Crippen LogP contribution < -0.4 is 10.6 Å². The predicted octanol–water partition coefficient (Wildman–Crippen LogP) is 4.60. The van der Waals surface area contributed by atoms with Crippen LogP contribution >= 0.6 is 11.6 Å². The van der Waals surface area contributed by atoms with Gasteiger partial charge in [-0.1, -0.05) is 17.7 Å². The summed E-state index contributed by atoms with van der Waals surface area (Å²) in [5.41, 5.74) is -0.944. The molecule has 2 aromatic heterocycles. The minimum atomic E-state index is -4.82. The number of nitrogens with one attached hydrogen (secondary N) is 3. The number of alkyl halides is 3. The van der Waals surface area contributed by atoms with Gasteiger partial charge in [-0.3, -0.25) is 18.6 Å². The van der Waals surface area contributed by atoms with Crippen molar-refractivity contribution in [2.45, 2.75) is 33.0 Å². The van der Waals surface area contributed by atoms with E-state index >= 15 is 0 Å². The zero-order valence-electron chi connectivity index (χ0n) is 20.2. The highest BCUT2D eigenvalue weighted by molar-refractivity contribution is 7.91. The van der Waals surface area contributed by atoms with Crippen molar-refractivity contribution in [2.75, 3.05) is 17.3 Å². The summed E-state index contributed by atoms with van der Waals surface area (Å²) in [6.45, 7) is 4.74. The van der Waals surface area contributed by atoms with E-state index in [2.05, 4.69) is 20.7 Å². The summed E-state index contributed by atoms with van der Waals surface area (Å²) < 4.78 is 60.6. The molecule has 0 saturated carbocycles. The molecule has 0 spiro atoms. The zero-order valence-corrected chi connectivity index (χ0v) is 21.8. The SMILES string of the molecule is Cc1cccnc1-n1nc(C(F)(F)F)cc1C(=O)Nc1c(C)cc(Cl)cc1C(=O)NC(C)CS(C)(=N)=O. The number of benzene rings is 1. The van der Waals surface area contributed by atoms with Gasteiger partial charge in [-0.05, 0) is 50.1 Å². The molecule has 14 heteroatoms. The van der Waals surface area contributed by atoms with Crippen LogP contribution in [0.1, 0.15) is 44.6 Å². The quantitative estimate of drug-likeness (QED) is 0.391. The fourth-order valence-corrected chi connectivity index (χ4v) is 4.94. The molecule has 2 unspecified atom stereocenters. The first-order chi connectivity index (χ1) is 17.1. The minimum Gasteiger partial charge on any atom is -0.349 e. The first-order valence-electron chi connectivity index (χ1n) is 10.8. The number of aromatic nitrogens is 3. The largest absolute Gasteiger partial charge is 0.435 e. The lowest BCUT2D eigenvalue weighted by atomic mass is 10.1. The molecule has 0 fully saturated rings. The molecule has 9 nitrogen and oxygen atoms in total. The van der Waals surface area contributed by atoms with Crippen molar-refractivity contribution < 1.29 is 27.0 Å². The van der Waals surface area contributed by atoms with Crippen molar-refractivity contribution in [2.24, 2.45) is 0 Å². The second-order valence-corrected chi connectivity index (χ2v) is 11.4. The molecule has 0 saturated heterocycles. The number of hydrogen-bond acceptors (Lipinski definition) is 6.